The number of hydrogen-bond donors (Lipinski definition) is 1. The van der Waals surface area contributed by atoms with Crippen molar-refractivity contribution in [3.05, 3.63) is 95.3 Å². The number of carbonyl (C=O) groups excluding carboxylic acids is 1. The Morgan fingerprint density at radius 2 is 2.03 bits per heavy atom. The van der Waals surface area contributed by atoms with E-state index < -0.39 is 12.0 Å². The zero-order valence-electron chi connectivity index (χ0n) is 21.6. The first kappa shape index (κ1) is 26.0. The molecule has 1 aliphatic heterocycles. The Morgan fingerprint density at radius 1 is 1.24 bits per heavy atom. The number of aryl methyl sites for hydroxylation is 1. The molecule has 1 N–H and O–H groups in total. The molecule has 2 aromatic heterocycles. The Morgan fingerprint density at radius 3 is 2.76 bits per heavy atom. The van der Waals surface area contributed by atoms with Gasteiger partial charge in [-0.3, -0.25) is 9.36 Å². The number of H-pyrrole nitrogens is 1. The second-order valence-electron chi connectivity index (χ2n) is 9.01. The summed E-state index contributed by atoms with van der Waals surface area (Å²) in [4.78, 5) is 36.2. The molecule has 1 aliphatic rings. The maximum absolute atomic E-state index is 14.1. The van der Waals surface area contributed by atoms with Gasteiger partial charge in [0, 0.05) is 32.7 Å². The van der Waals surface area contributed by atoms with Crippen LogP contribution < -0.4 is 19.6 Å². The molecule has 0 radical (unpaired) electrons. The monoisotopic (exact) mass is 549 g/mol. The van der Waals surface area contributed by atoms with Gasteiger partial charge >= 0.3 is 5.97 Å². The number of nitrogens with one attached hydrogen (secondary N) is 1. The SMILES string of the molecule is CCCC1=C(C(=O)OCC)[C@H](c2cc(Cl)ccc2OC)n2c(s/c(=C/c3c(C)[nH]c4ccccc34)c2=O)=N1. The minimum Gasteiger partial charge on any atom is -0.496 e. The minimum atomic E-state index is -0.799. The van der Waals surface area contributed by atoms with Gasteiger partial charge < -0.3 is 14.5 Å². The molecule has 38 heavy (non-hydrogen) atoms. The molecule has 4 aromatic rings. The molecule has 0 amide bonds. The van der Waals surface area contributed by atoms with E-state index in [1.807, 2.05) is 44.2 Å². The van der Waals surface area contributed by atoms with E-state index in [1.165, 1.54) is 11.3 Å². The number of para-hydroxylation sites is 1. The first-order valence-corrected chi connectivity index (χ1v) is 13.7. The van der Waals surface area contributed by atoms with E-state index in [-0.39, 0.29) is 12.2 Å². The van der Waals surface area contributed by atoms with Crippen LogP contribution in [0.2, 0.25) is 5.02 Å². The lowest BCUT2D eigenvalue weighted by molar-refractivity contribution is -0.139. The van der Waals surface area contributed by atoms with Gasteiger partial charge in [-0.05, 0) is 50.6 Å². The van der Waals surface area contributed by atoms with Crippen molar-refractivity contribution >= 4 is 45.9 Å². The smallest absolute Gasteiger partial charge is 0.338 e. The molecule has 0 spiro atoms. The standard InChI is InChI=1S/C29H28ClN3O4S/c1-5-9-22-25(28(35)37-6-2)26(20-14-17(30)12-13-23(20)36-4)33-27(34)24(38-29(33)32-22)15-19-16(3)31-21-11-8-7-10-18(19)21/h7-8,10-15,26,31H,5-6,9H2,1-4H3/b24-15+/t26-/m0/s1. The molecule has 7 nitrogen and oxygen atoms in total. The molecule has 196 valence electrons. The number of ether oxygens (including phenoxy) is 2. The van der Waals surface area contributed by atoms with Gasteiger partial charge in [-0.15, -0.1) is 0 Å². The second kappa shape index (κ2) is 10.6. The summed E-state index contributed by atoms with van der Waals surface area (Å²) in [6.07, 6.45) is 3.22. The summed E-state index contributed by atoms with van der Waals surface area (Å²) in [6, 6.07) is 12.4. The van der Waals surface area contributed by atoms with Crippen LogP contribution in [0.5, 0.6) is 5.75 Å². The van der Waals surface area contributed by atoms with Crippen LogP contribution in [0.25, 0.3) is 17.0 Å². The summed E-state index contributed by atoms with van der Waals surface area (Å²) >= 11 is 7.72. The normalized spacial score (nSPS) is 15.5. The average Bonchev–Trinajstić information content (AvgIpc) is 3.39. The summed E-state index contributed by atoms with van der Waals surface area (Å²) < 4.78 is 13.2. The van der Waals surface area contributed by atoms with Crippen LogP contribution in [0.1, 0.15) is 49.6 Å². The number of rotatable bonds is 7. The zero-order chi connectivity index (χ0) is 27.0. The van der Waals surface area contributed by atoms with Crippen LogP contribution in [0.3, 0.4) is 0 Å². The number of hydrogen-bond acceptors (Lipinski definition) is 6. The summed E-state index contributed by atoms with van der Waals surface area (Å²) in [5, 5.41) is 1.50. The third-order valence-corrected chi connectivity index (χ3v) is 7.82. The first-order chi connectivity index (χ1) is 18.4. The molecule has 5 rings (SSSR count). The maximum atomic E-state index is 14.1. The van der Waals surface area contributed by atoms with Crippen LogP contribution >= 0.6 is 22.9 Å². The molecule has 0 saturated heterocycles. The highest BCUT2D eigenvalue weighted by Crippen LogP contribution is 2.38. The number of carbonyl (C=O) groups is 1. The Balaban J connectivity index is 1.83. The fraction of sp³-hybridized carbons (Fsp3) is 0.276. The Hall–Kier alpha value is -3.62. The summed E-state index contributed by atoms with van der Waals surface area (Å²) in [5.74, 6) is 0.00878. The molecule has 0 bridgehead atoms. The molecular weight excluding hydrogens is 522 g/mol. The Labute approximate surface area is 228 Å². The molecule has 0 fully saturated rings. The van der Waals surface area contributed by atoms with Gasteiger partial charge in [0.25, 0.3) is 5.56 Å². The molecule has 0 unspecified atom stereocenters. The largest absolute Gasteiger partial charge is 0.496 e. The van der Waals surface area contributed by atoms with Gasteiger partial charge in [0.2, 0.25) is 0 Å². The van der Waals surface area contributed by atoms with Crippen molar-refractivity contribution in [2.75, 3.05) is 13.7 Å². The van der Waals surface area contributed by atoms with Crippen molar-refractivity contribution in [2.24, 2.45) is 4.99 Å². The van der Waals surface area contributed by atoms with Gasteiger partial charge in [-0.1, -0.05) is 54.5 Å². The van der Waals surface area contributed by atoms with Gasteiger partial charge in [0.1, 0.15) is 11.8 Å². The zero-order valence-corrected chi connectivity index (χ0v) is 23.2. The van der Waals surface area contributed by atoms with Crippen LogP contribution in [-0.2, 0) is 9.53 Å². The number of nitrogens with zero attached hydrogens (tertiary/aromatic N) is 2. The lowest BCUT2D eigenvalue weighted by Gasteiger charge is -2.27. The quantitative estimate of drug-likeness (QED) is 0.328. The maximum Gasteiger partial charge on any atom is 0.338 e. The van der Waals surface area contributed by atoms with Crippen LogP contribution in [0.15, 0.2) is 63.5 Å². The third-order valence-electron chi connectivity index (χ3n) is 6.60. The lowest BCUT2D eigenvalue weighted by Crippen LogP contribution is -2.40. The molecular formula is C29H28ClN3O4S. The van der Waals surface area contributed by atoms with E-state index in [2.05, 4.69) is 4.98 Å². The fourth-order valence-electron chi connectivity index (χ4n) is 4.95. The molecule has 9 heteroatoms. The highest BCUT2D eigenvalue weighted by Gasteiger charge is 2.36. The number of aromatic amines is 1. The molecule has 1 atom stereocenters. The minimum absolute atomic E-state index is 0.200. The summed E-state index contributed by atoms with van der Waals surface area (Å²) in [6.45, 7) is 5.97. The van der Waals surface area contributed by atoms with Gasteiger partial charge in [0.15, 0.2) is 4.80 Å². The number of allylic oxidation sites excluding steroid dienone is 1. The van der Waals surface area contributed by atoms with Crippen molar-refractivity contribution in [2.45, 2.75) is 39.7 Å². The number of halogens is 1. The number of esters is 1. The van der Waals surface area contributed by atoms with E-state index in [4.69, 9.17) is 26.1 Å². The van der Waals surface area contributed by atoms with Crippen LogP contribution in [-0.4, -0.2) is 29.2 Å². The number of fused-ring (bicyclic) bond motifs is 2. The van der Waals surface area contributed by atoms with Gasteiger partial charge in [-0.2, -0.15) is 0 Å². The third kappa shape index (κ3) is 4.48. The van der Waals surface area contributed by atoms with E-state index in [0.29, 0.717) is 43.4 Å². The summed E-state index contributed by atoms with van der Waals surface area (Å²) in [7, 11) is 1.55. The van der Waals surface area contributed by atoms with Crippen molar-refractivity contribution < 1.29 is 14.3 Å². The van der Waals surface area contributed by atoms with Crippen LogP contribution in [0, 0.1) is 6.92 Å². The molecule has 0 saturated carbocycles. The Bertz CT molecular complexity index is 1760. The number of aromatic nitrogens is 2. The van der Waals surface area contributed by atoms with Crippen molar-refractivity contribution in [3.8, 4) is 5.75 Å². The molecule has 3 heterocycles. The van der Waals surface area contributed by atoms with Crippen molar-refractivity contribution in [3.63, 3.8) is 0 Å². The van der Waals surface area contributed by atoms with Gasteiger partial charge in [0.05, 0.1) is 29.5 Å². The number of methoxy groups -OCH3 is 1. The predicted molar refractivity (Wildman–Crippen MR) is 151 cm³/mol. The molecule has 2 aromatic carbocycles. The van der Waals surface area contributed by atoms with E-state index in [9.17, 15) is 9.59 Å². The lowest BCUT2D eigenvalue weighted by atomic mass is 9.93. The molecule has 0 aliphatic carbocycles. The summed E-state index contributed by atoms with van der Waals surface area (Å²) in [5.41, 5.74) is 4.20. The predicted octanol–water partition coefficient (Wildman–Crippen LogP) is 5.03. The highest BCUT2D eigenvalue weighted by molar-refractivity contribution is 7.07. The highest BCUT2D eigenvalue weighted by atomic mass is 35.5. The fourth-order valence-corrected chi connectivity index (χ4v) is 6.13. The van der Waals surface area contributed by atoms with Crippen molar-refractivity contribution in [1.29, 1.82) is 0 Å². The average molecular weight is 550 g/mol. The van der Waals surface area contributed by atoms with Gasteiger partial charge in [-0.25, -0.2) is 9.79 Å². The number of thiazole rings is 1. The van der Waals surface area contributed by atoms with Crippen LogP contribution in [0.4, 0.5) is 0 Å². The van der Waals surface area contributed by atoms with E-state index >= 15 is 0 Å². The van der Waals surface area contributed by atoms with E-state index in [0.717, 1.165) is 28.6 Å². The Kier molecular flexibility index (Phi) is 7.27. The second-order valence-corrected chi connectivity index (χ2v) is 10.5. The van der Waals surface area contributed by atoms with E-state index in [1.54, 1.807) is 36.8 Å². The number of benzene rings is 2. The van der Waals surface area contributed by atoms with Crippen molar-refractivity contribution in [1.82, 2.24) is 9.55 Å². The first-order valence-electron chi connectivity index (χ1n) is 12.5. The topological polar surface area (TPSA) is 85.7 Å².